The third kappa shape index (κ3) is 3.32. The molecule has 1 saturated heterocycles. The lowest BCUT2D eigenvalue weighted by molar-refractivity contribution is -0.117. The number of carbonyl (C=O) groups is 1. The summed E-state index contributed by atoms with van der Waals surface area (Å²) in [5, 5.41) is 4.06. The highest BCUT2D eigenvalue weighted by Gasteiger charge is 2.34. The van der Waals surface area contributed by atoms with Gasteiger partial charge in [-0.2, -0.15) is 16.7 Å². The maximum atomic E-state index is 12.2. The molecule has 0 N–H and O–H groups in total. The molecule has 1 aromatic carbocycles. The van der Waals surface area contributed by atoms with Crippen molar-refractivity contribution in [1.82, 2.24) is 10.1 Å². The normalized spacial score (nSPS) is 18.1. The topological polar surface area (TPSA) is 59.2 Å². The molecule has 5 nitrogen and oxygen atoms in total. The van der Waals surface area contributed by atoms with Crippen LogP contribution >= 0.6 is 11.8 Å². The molecule has 0 bridgehead atoms. The molecule has 116 valence electrons. The van der Waals surface area contributed by atoms with E-state index in [0.29, 0.717) is 24.7 Å². The van der Waals surface area contributed by atoms with Gasteiger partial charge >= 0.3 is 0 Å². The number of thioether (sulfide) groups is 1. The molecule has 0 saturated carbocycles. The van der Waals surface area contributed by atoms with Crippen molar-refractivity contribution < 1.29 is 9.32 Å². The third-order valence-electron chi connectivity index (χ3n) is 3.62. The average molecular weight is 317 g/mol. The van der Waals surface area contributed by atoms with E-state index in [1.165, 1.54) is 0 Å². The van der Waals surface area contributed by atoms with E-state index >= 15 is 0 Å². The molecule has 1 aromatic heterocycles. The summed E-state index contributed by atoms with van der Waals surface area (Å²) in [6.45, 7) is 2.76. The summed E-state index contributed by atoms with van der Waals surface area (Å²) in [4.78, 5) is 18.5. The Hall–Kier alpha value is -1.82. The fourth-order valence-corrected chi connectivity index (χ4v) is 3.26. The summed E-state index contributed by atoms with van der Waals surface area (Å²) < 4.78 is 5.29. The van der Waals surface area contributed by atoms with Gasteiger partial charge in [0.25, 0.3) is 0 Å². The summed E-state index contributed by atoms with van der Waals surface area (Å²) in [6.07, 6.45) is 1.57. The van der Waals surface area contributed by atoms with E-state index in [2.05, 4.69) is 17.1 Å². The maximum Gasteiger partial charge on any atom is 0.236 e. The summed E-state index contributed by atoms with van der Waals surface area (Å²) in [5.41, 5.74) is 0.928. The van der Waals surface area contributed by atoms with Crippen molar-refractivity contribution in [2.45, 2.75) is 31.4 Å². The summed E-state index contributed by atoms with van der Waals surface area (Å²) in [5.74, 6) is 3.26. The second-order valence-corrected chi connectivity index (χ2v) is 6.45. The minimum absolute atomic E-state index is 0.0152. The first kappa shape index (κ1) is 15.1. The Morgan fingerprint density at radius 2 is 2.18 bits per heavy atom. The van der Waals surface area contributed by atoms with Crippen molar-refractivity contribution in [3.63, 3.8) is 0 Å². The van der Waals surface area contributed by atoms with Gasteiger partial charge in [0.1, 0.15) is 0 Å². The van der Waals surface area contributed by atoms with Crippen molar-refractivity contribution in [2.24, 2.45) is 0 Å². The van der Waals surface area contributed by atoms with Crippen LogP contribution in [0.5, 0.6) is 0 Å². The quantitative estimate of drug-likeness (QED) is 0.766. The van der Waals surface area contributed by atoms with Crippen molar-refractivity contribution >= 4 is 23.4 Å². The Kier molecular flexibility index (Phi) is 4.77. The van der Waals surface area contributed by atoms with Gasteiger partial charge in [-0.1, -0.05) is 30.3 Å². The van der Waals surface area contributed by atoms with Gasteiger partial charge in [-0.3, -0.25) is 4.79 Å². The summed E-state index contributed by atoms with van der Waals surface area (Å²) >= 11 is 1.79. The van der Waals surface area contributed by atoms with Crippen LogP contribution < -0.4 is 4.90 Å². The number of anilines is 1. The molecule has 3 rings (SSSR count). The summed E-state index contributed by atoms with van der Waals surface area (Å²) in [6, 6.07) is 9.72. The second kappa shape index (κ2) is 6.96. The fraction of sp³-hybridized carbons (Fsp3) is 0.438. The number of nitrogens with zero attached hydrogens (tertiary/aromatic N) is 3. The van der Waals surface area contributed by atoms with E-state index < -0.39 is 0 Å². The van der Waals surface area contributed by atoms with Crippen LogP contribution in [0, 0.1) is 0 Å². The van der Waals surface area contributed by atoms with Gasteiger partial charge in [0.05, 0.1) is 5.75 Å². The Morgan fingerprint density at radius 1 is 1.36 bits per heavy atom. The minimum Gasteiger partial charge on any atom is -0.338 e. The van der Waals surface area contributed by atoms with Crippen LogP contribution in [0.2, 0.25) is 0 Å². The number of aromatic nitrogens is 2. The van der Waals surface area contributed by atoms with Crippen LogP contribution in [0.1, 0.15) is 37.4 Å². The monoisotopic (exact) mass is 317 g/mol. The fourth-order valence-electron chi connectivity index (χ4n) is 2.53. The standard InChI is InChI=1S/C16H19N3O2S/c1-2-8-22-11-14-17-16(18-21-14)12-9-15(20)19(10-12)13-6-4-3-5-7-13/h3-7,12H,2,8-11H2,1H3/t12-/m1/s1. The number of benzene rings is 1. The van der Waals surface area contributed by atoms with E-state index in [9.17, 15) is 4.79 Å². The molecule has 1 atom stereocenters. The van der Waals surface area contributed by atoms with E-state index in [0.717, 1.165) is 23.6 Å². The minimum atomic E-state index is 0.0152. The Labute approximate surface area is 134 Å². The molecular formula is C16H19N3O2S. The second-order valence-electron chi connectivity index (χ2n) is 5.34. The first-order valence-corrected chi connectivity index (χ1v) is 8.69. The lowest BCUT2D eigenvalue weighted by Gasteiger charge is -2.15. The average Bonchev–Trinajstić information content (AvgIpc) is 3.15. The molecule has 0 radical (unpaired) electrons. The molecule has 0 spiro atoms. The lowest BCUT2D eigenvalue weighted by atomic mass is 10.1. The first-order chi connectivity index (χ1) is 10.8. The molecule has 2 aromatic rings. The number of rotatable bonds is 6. The number of hydrogen-bond donors (Lipinski definition) is 0. The van der Waals surface area contributed by atoms with Gasteiger partial charge in [-0.25, -0.2) is 0 Å². The highest BCUT2D eigenvalue weighted by molar-refractivity contribution is 7.98. The van der Waals surface area contributed by atoms with Gasteiger partial charge in [-0.05, 0) is 24.3 Å². The predicted octanol–water partition coefficient (Wildman–Crippen LogP) is 3.23. The molecule has 1 fully saturated rings. The Morgan fingerprint density at radius 3 is 2.95 bits per heavy atom. The number of para-hydroxylation sites is 1. The number of carbonyl (C=O) groups excluding carboxylic acids is 1. The number of amides is 1. The van der Waals surface area contributed by atoms with Gasteiger partial charge < -0.3 is 9.42 Å². The Balaban J connectivity index is 1.66. The molecular weight excluding hydrogens is 298 g/mol. The molecule has 1 aliphatic rings. The smallest absolute Gasteiger partial charge is 0.236 e. The van der Waals surface area contributed by atoms with Gasteiger partial charge in [-0.15, -0.1) is 0 Å². The lowest BCUT2D eigenvalue weighted by Crippen LogP contribution is -2.24. The van der Waals surface area contributed by atoms with Crippen molar-refractivity contribution in [2.75, 3.05) is 17.2 Å². The van der Waals surface area contributed by atoms with E-state index in [1.807, 2.05) is 30.3 Å². The molecule has 1 amide bonds. The van der Waals surface area contributed by atoms with Crippen molar-refractivity contribution in [3.8, 4) is 0 Å². The van der Waals surface area contributed by atoms with Crippen molar-refractivity contribution in [1.29, 1.82) is 0 Å². The van der Waals surface area contributed by atoms with Crippen LogP contribution in [0.15, 0.2) is 34.9 Å². The highest BCUT2D eigenvalue weighted by atomic mass is 32.2. The predicted molar refractivity (Wildman–Crippen MR) is 86.9 cm³/mol. The molecule has 6 heteroatoms. The van der Waals surface area contributed by atoms with Gasteiger partial charge in [0.2, 0.25) is 11.8 Å². The highest BCUT2D eigenvalue weighted by Crippen LogP contribution is 2.30. The molecule has 2 heterocycles. The van der Waals surface area contributed by atoms with Crippen LogP contribution in [0.4, 0.5) is 5.69 Å². The maximum absolute atomic E-state index is 12.2. The zero-order chi connectivity index (χ0) is 15.4. The van der Waals surface area contributed by atoms with E-state index in [-0.39, 0.29) is 11.8 Å². The summed E-state index contributed by atoms with van der Waals surface area (Å²) in [7, 11) is 0. The third-order valence-corrected chi connectivity index (χ3v) is 4.76. The largest absolute Gasteiger partial charge is 0.338 e. The molecule has 0 unspecified atom stereocenters. The van der Waals surface area contributed by atoms with E-state index in [1.54, 1.807) is 16.7 Å². The van der Waals surface area contributed by atoms with Gasteiger partial charge in [0, 0.05) is 24.6 Å². The van der Waals surface area contributed by atoms with Crippen LogP contribution in [-0.2, 0) is 10.5 Å². The number of hydrogen-bond acceptors (Lipinski definition) is 5. The van der Waals surface area contributed by atoms with Gasteiger partial charge in [0.15, 0.2) is 5.82 Å². The SMILES string of the molecule is CCCSCc1nc([C@@H]2CC(=O)N(c3ccccc3)C2)no1. The molecule has 22 heavy (non-hydrogen) atoms. The Bertz CT molecular complexity index is 629. The van der Waals surface area contributed by atoms with E-state index in [4.69, 9.17) is 4.52 Å². The zero-order valence-electron chi connectivity index (χ0n) is 12.6. The van der Waals surface area contributed by atoms with Crippen LogP contribution in [-0.4, -0.2) is 28.3 Å². The van der Waals surface area contributed by atoms with Crippen LogP contribution in [0.25, 0.3) is 0 Å². The zero-order valence-corrected chi connectivity index (χ0v) is 13.4. The molecule has 0 aliphatic carbocycles. The molecule has 1 aliphatic heterocycles. The first-order valence-electron chi connectivity index (χ1n) is 7.53. The van der Waals surface area contributed by atoms with Crippen LogP contribution in [0.3, 0.4) is 0 Å². The van der Waals surface area contributed by atoms with Crippen molar-refractivity contribution in [3.05, 3.63) is 42.0 Å².